The summed E-state index contributed by atoms with van der Waals surface area (Å²) in [6.45, 7) is 0.388. The fourth-order valence-corrected chi connectivity index (χ4v) is 4.30. The van der Waals surface area contributed by atoms with Crippen molar-refractivity contribution in [3.05, 3.63) is 104 Å². The average Bonchev–Trinajstić information content (AvgIpc) is 3.12. The summed E-state index contributed by atoms with van der Waals surface area (Å²) < 4.78 is 11.5. The van der Waals surface area contributed by atoms with E-state index >= 15 is 0 Å². The van der Waals surface area contributed by atoms with Crippen molar-refractivity contribution in [2.75, 3.05) is 13.2 Å². The summed E-state index contributed by atoms with van der Waals surface area (Å²) in [6.07, 6.45) is 1.62. The Morgan fingerprint density at radius 2 is 1.63 bits per heavy atom. The van der Waals surface area contributed by atoms with Gasteiger partial charge in [-0.2, -0.15) is 0 Å². The number of non-ortho nitro benzene ring substituents is 1. The van der Waals surface area contributed by atoms with E-state index in [4.69, 9.17) is 21.1 Å². The van der Waals surface area contributed by atoms with E-state index in [-0.39, 0.29) is 35.6 Å². The number of amides is 2. The SMILES string of the molecule is O=C1S/C(=C\c2ccccc2OCc2ccc([N+](=O)[O-])cc2)C(=O)N1CCOc1ccccc1Cl. The third-order valence-electron chi connectivity index (χ3n) is 5.03. The van der Waals surface area contributed by atoms with Gasteiger partial charge < -0.3 is 9.47 Å². The van der Waals surface area contributed by atoms with E-state index in [0.717, 1.165) is 22.2 Å². The lowest BCUT2D eigenvalue weighted by atomic mass is 10.1. The molecule has 35 heavy (non-hydrogen) atoms. The quantitative estimate of drug-likeness (QED) is 0.199. The highest BCUT2D eigenvalue weighted by molar-refractivity contribution is 8.18. The number of hydrogen-bond acceptors (Lipinski definition) is 7. The number of thioether (sulfide) groups is 1. The molecule has 178 valence electrons. The van der Waals surface area contributed by atoms with Gasteiger partial charge in [0.2, 0.25) is 0 Å². The van der Waals surface area contributed by atoms with Gasteiger partial charge in [-0.25, -0.2) is 0 Å². The molecule has 4 rings (SSSR count). The van der Waals surface area contributed by atoms with Gasteiger partial charge in [0.25, 0.3) is 16.8 Å². The first kappa shape index (κ1) is 24.3. The molecule has 1 fully saturated rings. The Balaban J connectivity index is 1.41. The van der Waals surface area contributed by atoms with Crippen LogP contribution in [0.5, 0.6) is 11.5 Å². The number of carbonyl (C=O) groups excluding carboxylic acids is 2. The molecule has 0 atom stereocenters. The summed E-state index contributed by atoms with van der Waals surface area (Å²) in [5, 5.41) is 10.9. The Bertz CT molecular complexity index is 1300. The number of carbonyl (C=O) groups is 2. The van der Waals surface area contributed by atoms with Crippen molar-refractivity contribution in [2.24, 2.45) is 0 Å². The van der Waals surface area contributed by atoms with Gasteiger partial charge in [0.1, 0.15) is 24.7 Å². The zero-order chi connectivity index (χ0) is 24.8. The normalized spacial score (nSPS) is 14.4. The summed E-state index contributed by atoms with van der Waals surface area (Å²) >= 11 is 6.92. The minimum Gasteiger partial charge on any atom is -0.490 e. The standard InChI is InChI=1S/C25H19ClN2O6S/c26-20-6-2-4-8-22(20)33-14-13-27-24(29)23(35-25(27)30)15-18-5-1-3-7-21(18)34-16-17-9-11-19(12-10-17)28(31)32/h1-12,15H,13-14,16H2/b23-15-. The minimum atomic E-state index is -0.462. The summed E-state index contributed by atoms with van der Waals surface area (Å²) in [5.74, 6) is 0.586. The maximum Gasteiger partial charge on any atom is 0.293 e. The third-order valence-corrected chi connectivity index (χ3v) is 6.25. The van der Waals surface area contributed by atoms with Crippen LogP contribution >= 0.6 is 23.4 Å². The maximum atomic E-state index is 12.8. The van der Waals surface area contributed by atoms with E-state index in [2.05, 4.69) is 0 Å². The number of halogens is 1. The summed E-state index contributed by atoms with van der Waals surface area (Å²) in [6, 6.07) is 20.2. The molecular weight excluding hydrogens is 492 g/mol. The first-order valence-electron chi connectivity index (χ1n) is 10.5. The fourth-order valence-electron chi connectivity index (χ4n) is 3.25. The number of rotatable bonds is 9. The molecule has 3 aromatic carbocycles. The number of para-hydroxylation sites is 2. The van der Waals surface area contributed by atoms with E-state index in [1.165, 1.54) is 12.1 Å². The van der Waals surface area contributed by atoms with Crippen LogP contribution in [-0.4, -0.2) is 34.1 Å². The number of benzene rings is 3. The van der Waals surface area contributed by atoms with Gasteiger partial charge in [0.05, 0.1) is 21.4 Å². The Hall–Kier alpha value is -3.82. The first-order chi connectivity index (χ1) is 16.9. The van der Waals surface area contributed by atoms with Crippen LogP contribution in [-0.2, 0) is 11.4 Å². The van der Waals surface area contributed by atoms with E-state index < -0.39 is 10.8 Å². The van der Waals surface area contributed by atoms with Crippen molar-refractivity contribution in [2.45, 2.75) is 6.61 Å². The number of hydrogen-bond donors (Lipinski definition) is 0. The predicted octanol–water partition coefficient (Wildman–Crippen LogP) is 5.94. The third kappa shape index (κ3) is 6.00. The Morgan fingerprint density at radius 1 is 0.943 bits per heavy atom. The zero-order valence-corrected chi connectivity index (χ0v) is 19.8. The predicted molar refractivity (Wildman–Crippen MR) is 133 cm³/mol. The lowest BCUT2D eigenvalue weighted by molar-refractivity contribution is -0.384. The molecule has 0 saturated carbocycles. The van der Waals surface area contributed by atoms with Crippen molar-refractivity contribution in [1.29, 1.82) is 0 Å². The van der Waals surface area contributed by atoms with Gasteiger partial charge in [-0.3, -0.25) is 24.6 Å². The molecule has 0 unspecified atom stereocenters. The molecule has 1 heterocycles. The van der Waals surface area contributed by atoms with Gasteiger partial charge in [0, 0.05) is 17.7 Å². The topological polar surface area (TPSA) is 99.0 Å². The molecule has 2 amide bonds. The molecular formula is C25H19ClN2O6S. The molecule has 0 spiro atoms. The van der Waals surface area contributed by atoms with Crippen LogP contribution in [0.4, 0.5) is 10.5 Å². The Labute approximate surface area is 210 Å². The second-order valence-corrected chi connectivity index (χ2v) is 8.76. The van der Waals surface area contributed by atoms with Gasteiger partial charge >= 0.3 is 0 Å². The molecule has 1 aliphatic rings. The lowest BCUT2D eigenvalue weighted by Crippen LogP contribution is -2.32. The first-order valence-corrected chi connectivity index (χ1v) is 11.7. The molecule has 0 aromatic heterocycles. The second kappa shape index (κ2) is 11.1. The molecule has 10 heteroatoms. The summed E-state index contributed by atoms with van der Waals surface area (Å²) in [7, 11) is 0. The molecule has 0 N–H and O–H groups in total. The van der Waals surface area contributed by atoms with Crippen LogP contribution in [0.25, 0.3) is 6.08 Å². The van der Waals surface area contributed by atoms with Crippen LogP contribution in [0.3, 0.4) is 0 Å². The van der Waals surface area contributed by atoms with Gasteiger partial charge in [0.15, 0.2) is 0 Å². The Kier molecular flexibility index (Phi) is 7.69. The smallest absolute Gasteiger partial charge is 0.293 e. The van der Waals surface area contributed by atoms with Crippen molar-refractivity contribution < 1.29 is 24.0 Å². The molecule has 1 aliphatic heterocycles. The van der Waals surface area contributed by atoms with Gasteiger partial charge in [-0.05, 0) is 53.7 Å². The summed E-state index contributed by atoms with van der Waals surface area (Å²) in [4.78, 5) is 37.0. The van der Waals surface area contributed by atoms with Gasteiger partial charge in [-0.1, -0.05) is 41.9 Å². The number of nitro groups is 1. The minimum absolute atomic E-state index is 0.00198. The average molecular weight is 511 g/mol. The van der Waals surface area contributed by atoms with Crippen molar-refractivity contribution >= 4 is 46.3 Å². The van der Waals surface area contributed by atoms with Gasteiger partial charge in [-0.15, -0.1) is 0 Å². The molecule has 1 saturated heterocycles. The highest BCUT2D eigenvalue weighted by atomic mass is 35.5. The van der Waals surface area contributed by atoms with E-state index in [1.54, 1.807) is 66.7 Å². The van der Waals surface area contributed by atoms with Crippen LogP contribution in [0.1, 0.15) is 11.1 Å². The van der Waals surface area contributed by atoms with Crippen LogP contribution < -0.4 is 9.47 Å². The highest BCUT2D eigenvalue weighted by Crippen LogP contribution is 2.34. The Morgan fingerprint density at radius 3 is 2.34 bits per heavy atom. The molecule has 0 aliphatic carbocycles. The molecule has 3 aromatic rings. The van der Waals surface area contributed by atoms with Crippen molar-refractivity contribution in [3.63, 3.8) is 0 Å². The second-order valence-electron chi connectivity index (χ2n) is 7.36. The van der Waals surface area contributed by atoms with E-state index in [0.29, 0.717) is 22.1 Å². The fraction of sp³-hybridized carbons (Fsp3) is 0.120. The number of imide groups is 1. The number of nitrogens with zero attached hydrogens (tertiary/aromatic N) is 2. The van der Waals surface area contributed by atoms with Crippen molar-refractivity contribution in [1.82, 2.24) is 4.90 Å². The molecule has 0 radical (unpaired) electrons. The van der Waals surface area contributed by atoms with E-state index in [1.807, 2.05) is 0 Å². The monoisotopic (exact) mass is 510 g/mol. The van der Waals surface area contributed by atoms with E-state index in [9.17, 15) is 19.7 Å². The number of nitro benzene ring substituents is 1. The maximum absolute atomic E-state index is 12.8. The largest absolute Gasteiger partial charge is 0.490 e. The molecule has 8 nitrogen and oxygen atoms in total. The highest BCUT2D eigenvalue weighted by Gasteiger charge is 2.35. The summed E-state index contributed by atoms with van der Waals surface area (Å²) in [5.41, 5.74) is 1.39. The van der Waals surface area contributed by atoms with Crippen LogP contribution in [0.15, 0.2) is 77.7 Å². The lowest BCUT2D eigenvalue weighted by Gasteiger charge is -2.14. The van der Waals surface area contributed by atoms with Crippen LogP contribution in [0, 0.1) is 10.1 Å². The number of ether oxygens (including phenoxy) is 2. The van der Waals surface area contributed by atoms with Crippen molar-refractivity contribution in [3.8, 4) is 11.5 Å². The van der Waals surface area contributed by atoms with Crippen LogP contribution in [0.2, 0.25) is 5.02 Å². The molecule has 0 bridgehead atoms. The zero-order valence-electron chi connectivity index (χ0n) is 18.3.